The fourth-order valence-electron chi connectivity index (χ4n) is 2.52. The van der Waals surface area contributed by atoms with E-state index in [1.165, 1.54) is 0 Å². The van der Waals surface area contributed by atoms with Crippen molar-refractivity contribution < 1.29 is 23.7 Å². The number of rotatable bonds is 6. The molecule has 0 bridgehead atoms. The molecule has 1 fully saturated rings. The molecule has 0 aromatic heterocycles. The van der Waals surface area contributed by atoms with Gasteiger partial charge in [0.25, 0.3) is 5.91 Å². The SMILES string of the molecule is COc1cc(C(=O)N[C@@H]2CCOC[C@H]2OC)ccc1OC(C)C. The van der Waals surface area contributed by atoms with Gasteiger partial charge in [-0.15, -0.1) is 0 Å². The Bertz CT molecular complexity index is 532. The van der Waals surface area contributed by atoms with Crippen LogP contribution in [0.3, 0.4) is 0 Å². The van der Waals surface area contributed by atoms with Crippen molar-refractivity contribution in [1.29, 1.82) is 0 Å². The van der Waals surface area contributed by atoms with E-state index in [0.717, 1.165) is 6.42 Å². The lowest BCUT2D eigenvalue weighted by atomic mass is 10.1. The van der Waals surface area contributed by atoms with Crippen LogP contribution in [0.25, 0.3) is 0 Å². The molecule has 128 valence electrons. The Morgan fingerprint density at radius 2 is 2.09 bits per heavy atom. The van der Waals surface area contributed by atoms with E-state index in [-0.39, 0.29) is 24.2 Å². The summed E-state index contributed by atoms with van der Waals surface area (Å²) in [5.41, 5.74) is 0.527. The Hall–Kier alpha value is -1.79. The number of ether oxygens (including phenoxy) is 4. The Kier molecular flexibility index (Phi) is 6.24. The third-order valence-electron chi connectivity index (χ3n) is 3.71. The largest absolute Gasteiger partial charge is 0.493 e. The van der Waals surface area contributed by atoms with E-state index in [9.17, 15) is 4.79 Å². The van der Waals surface area contributed by atoms with Crippen LogP contribution >= 0.6 is 0 Å². The Morgan fingerprint density at radius 1 is 1.30 bits per heavy atom. The Morgan fingerprint density at radius 3 is 2.74 bits per heavy atom. The maximum Gasteiger partial charge on any atom is 0.251 e. The van der Waals surface area contributed by atoms with Gasteiger partial charge in [-0.3, -0.25) is 4.79 Å². The summed E-state index contributed by atoms with van der Waals surface area (Å²) in [4.78, 5) is 12.5. The van der Waals surface area contributed by atoms with Crippen molar-refractivity contribution in [1.82, 2.24) is 5.32 Å². The lowest BCUT2D eigenvalue weighted by Gasteiger charge is -2.31. The Balaban J connectivity index is 2.09. The van der Waals surface area contributed by atoms with Crippen molar-refractivity contribution in [2.24, 2.45) is 0 Å². The highest BCUT2D eigenvalue weighted by atomic mass is 16.5. The molecule has 2 atom stereocenters. The highest BCUT2D eigenvalue weighted by Crippen LogP contribution is 2.29. The summed E-state index contributed by atoms with van der Waals surface area (Å²) < 4.78 is 21.7. The highest BCUT2D eigenvalue weighted by molar-refractivity contribution is 5.95. The molecule has 1 aliphatic rings. The minimum Gasteiger partial charge on any atom is -0.493 e. The summed E-state index contributed by atoms with van der Waals surface area (Å²) >= 11 is 0. The molecule has 23 heavy (non-hydrogen) atoms. The molecule has 6 nitrogen and oxygen atoms in total. The molecule has 1 N–H and O–H groups in total. The van der Waals surface area contributed by atoms with Crippen LogP contribution in [0.15, 0.2) is 18.2 Å². The van der Waals surface area contributed by atoms with E-state index in [4.69, 9.17) is 18.9 Å². The summed E-state index contributed by atoms with van der Waals surface area (Å²) in [6, 6.07) is 5.12. The number of carbonyl (C=O) groups excluding carboxylic acids is 1. The van der Waals surface area contributed by atoms with Gasteiger partial charge in [-0.25, -0.2) is 0 Å². The quantitative estimate of drug-likeness (QED) is 0.867. The van der Waals surface area contributed by atoms with Crippen LogP contribution in [-0.4, -0.2) is 51.6 Å². The first-order chi connectivity index (χ1) is 11.0. The minimum atomic E-state index is -0.159. The molecule has 1 aromatic carbocycles. The van der Waals surface area contributed by atoms with Crippen molar-refractivity contribution in [2.45, 2.75) is 38.5 Å². The molecule has 0 aliphatic carbocycles. The molecular formula is C17H25NO5. The zero-order valence-corrected chi connectivity index (χ0v) is 14.1. The first-order valence-corrected chi connectivity index (χ1v) is 7.81. The van der Waals surface area contributed by atoms with Crippen LogP contribution in [-0.2, 0) is 9.47 Å². The number of methoxy groups -OCH3 is 2. The lowest BCUT2D eigenvalue weighted by Crippen LogP contribution is -2.49. The Labute approximate surface area is 137 Å². The van der Waals surface area contributed by atoms with Gasteiger partial charge in [-0.05, 0) is 38.5 Å². The molecule has 1 aromatic rings. The van der Waals surface area contributed by atoms with E-state index in [2.05, 4.69) is 5.32 Å². The third-order valence-corrected chi connectivity index (χ3v) is 3.71. The number of benzene rings is 1. The molecule has 1 amide bonds. The van der Waals surface area contributed by atoms with Crippen molar-refractivity contribution in [3.63, 3.8) is 0 Å². The number of amides is 1. The number of nitrogens with one attached hydrogen (secondary N) is 1. The molecule has 1 aliphatic heterocycles. The smallest absolute Gasteiger partial charge is 0.251 e. The van der Waals surface area contributed by atoms with E-state index in [1.807, 2.05) is 13.8 Å². The van der Waals surface area contributed by atoms with Crippen LogP contribution in [0.5, 0.6) is 11.5 Å². The van der Waals surface area contributed by atoms with Gasteiger partial charge in [0.15, 0.2) is 11.5 Å². The molecule has 2 rings (SSSR count). The first kappa shape index (κ1) is 17.6. The van der Waals surface area contributed by atoms with Gasteiger partial charge in [0.05, 0.1) is 25.9 Å². The summed E-state index contributed by atoms with van der Waals surface area (Å²) in [6.07, 6.45) is 0.641. The van der Waals surface area contributed by atoms with Crippen LogP contribution in [0.1, 0.15) is 30.6 Å². The molecular weight excluding hydrogens is 298 g/mol. The molecule has 1 saturated heterocycles. The maximum absolute atomic E-state index is 12.5. The summed E-state index contributed by atoms with van der Waals surface area (Å²) in [7, 11) is 3.18. The number of hydrogen-bond acceptors (Lipinski definition) is 5. The second-order valence-electron chi connectivity index (χ2n) is 5.75. The van der Waals surface area contributed by atoms with Crippen LogP contribution in [0.2, 0.25) is 0 Å². The highest BCUT2D eigenvalue weighted by Gasteiger charge is 2.27. The van der Waals surface area contributed by atoms with Gasteiger partial charge in [0.2, 0.25) is 0 Å². The van der Waals surface area contributed by atoms with E-state index >= 15 is 0 Å². The second-order valence-corrected chi connectivity index (χ2v) is 5.75. The number of hydrogen-bond donors (Lipinski definition) is 1. The average Bonchev–Trinajstić information content (AvgIpc) is 2.55. The van der Waals surface area contributed by atoms with Gasteiger partial charge in [0, 0.05) is 19.3 Å². The second kappa shape index (κ2) is 8.17. The number of carbonyl (C=O) groups is 1. The molecule has 1 heterocycles. The fourth-order valence-corrected chi connectivity index (χ4v) is 2.52. The zero-order chi connectivity index (χ0) is 16.8. The van der Waals surface area contributed by atoms with Crippen molar-refractivity contribution in [3.05, 3.63) is 23.8 Å². The van der Waals surface area contributed by atoms with Gasteiger partial charge in [-0.1, -0.05) is 0 Å². The maximum atomic E-state index is 12.5. The van der Waals surface area contributed by atoms with Crippen LogP contribution in [0.4, 0.5) is 0 Å². The fraction of sp³-hybridized carbons (Fsp3) is 0.588. The molecule has 6 heteroatoms. The van der Waals surface area contributed by atoms with Crippen molar-refractivity contribution >= 4 is 5.91 Å². The topological polar surface area (TPSA) is 66.0 Å². The molecule has 0 unspecified atom stereocenters. The summed E-state index contributed by atoms with van der Waals surface area (Å²) in [5, 5.41) is 3.01. The van der Waals surface area contributed by atoms with Crippen LogP contribution in [0, 0.1) is 0 Å². The van der Waals surface area contributed by atoms with Crippen LogP contribution < -0.4 is 14.8 Å². The monoisotopic (exact) mass is 323 g/mol. The van der Waals surface area contributed by atoms with E-state index in [1.54, 1.807) is 32.4 Å². The first-order valence-electron chi connectivity index (χ1n) is 7.81. The average molecular weight is 323 g/mol. The third kappa shape index (κ3) is 4.59. The van der Waals surface area contributed by atoms with Crippen molar-refractivity contribution in [2.75, 3.05) is 27.4 Å². The molecule has 0 spiro atoms. The zero-order valence-electron chi connectivity index (χ0n) is 14.1. The normalized spacial score (nSPS) is 21.1. The minimum absolute atomic E-state index is 0.0354. The predicted molar refractivity (Wildman–Crippen MR) is 86.2 cm³/mol. The predicted octanol–water partition coefficient (Wildman–Crippen LogP) is 2.02. The van der Waals surface area contributed by atoms with Gasteiger partial charge >= 0.3 is 0 Å². The lowest BCUT2D eigenvalue weighted by molar-refractivity contribution is -0.0479. The molecule has 0 radical (unpaired) electrons. The van der Waals surface area contributed by atoms with Crippen molar-refractivity contribution in [3.8, 4) is 11.5 Å². The standard InChI is InChI=1S/C17H25NO5/c1-11(2)23-14-6-5-12(9-15(14)20-3)17(19)18-13-7-8-22-10-16(13)21-4/h5-6,9,11,13,16H,7-8,10H2,1-4H3,(H,18,19)/t13-,16-/m1/s1. The van der Waals surface area contributed by atoms with E-state index < -0.39 is 0 Å². The van der Waals surface area contributed by atoms with E-state index in [0.29, 0.717) is 30.3 Å². The summed E-state index contributed by atoms with van der Waals surface area (Å²) in [5.74, 6) is 1.01. The van der Waals surface area contributed by atoms with Gasteiger partial charge in [0.1, 0.15) is 6.10 Å². The van der Waals surface area contributed by atoms with Gasteiger partial charge in [-0.2, -0.15) is 0 Å². The molecule has 0 saturated carbocycles. The van der Waals surface area contributed by atoms with Gasteiger partial charge < -0.3 is 24.3 Å². The summed E-state index contributed by atoms with van der Waals surface area (Å²) in [6.45, 7) is 4.99.